The molecule has 62 heavy (non-hydrogen) atoms. The minimum absolute atomic E-state index is 0.840. The van der Waals surface area contributed by atoms with Crippen LogP contribution >= 0.6 is 0 Å². The Balaban J connectivity index is 1.02. The first-order valence-electron chi connectivity index (χ1n) is 20.8. The number of nitrogens with zero attached hydrogens (tertiary/aromatic N) is 2. The van der Waals surface area contributed by atoms with Crippen LogP contribution in [0.2, 0.25) is 0 Å². The van der Waals surface area contributed by atoms with Gasteiger partial charge < -0.3 is 9.80 Å². The predicted molar refractivity (Wildman–Crippen MR) is 268 cm³/mol. The molecule has 0 N–H and O–H groups in total. The summed E-state index contributed by atoms with van der Waals surface area (Å²) in [5, 5.41) is 0. The van der Waals surface area contributed by atoms with Crippen molar-refractivity contribution in [2.75, 3.05) is 9.80 Å². The maximum Gasteiger partial charge on any atom is 0.0462 e. The second kappa shape index (κ2) is 19.7. The van der Waals surface area contributed by atoms with E-state index >= 15 is 0 Å². The summed E-state index contributed by atoms with van der Waals surface area (Å²) in [7, 11) is 0. The van der Waals surface area contributed by atoms with Crippen molar-refractivity contribution in [2.45, 2.75) is 0 Å². The Kier molecular flexibility index (Phi) is 12.9. The number of hydrogen-bond donors (Lipinski definition) is 0. The molecule has 0 radical (unpaired) electrons. The van der Waals surface area contributed by atoms with E-state index in [0.29, 0.717) is 0 Å². The Morgan fingerprint density at radius 1 is 0.339 bits per heavy atom. The van der Waals surface area contributed by atoms with Gasteiger partial charge in [-0.3, -0.25) is 0 Å². The van der Waals surface area contributed by atoms with Gasteiger partial charge in [0, 0.05) is 34.1 Å². The highest BCUT2D eigenvalue weighted by Crippen LogP contribution is 2.38. The lowest BCUT2D eigenvalue weighted by atomic mass is 9.98. The number of para-hydroxylation sites is 1. The molecule has 0 amide bonds. The van der Waals surface area contributed by atoms with E-state index in [1.807, 2.05) is 30.4 Å². The molecule has 0 fully saturated rings. The van der Waals surface area contributed by atoms with Crippen LogP contribution in [-0.2, 0) is 0 Å². The van der Waals surface area contributed by atoms with Crippen LogP contribution in [0, 0.1) is 0 Å². The van der Waals surface area contributed by atoms with Crippen molar-refractivity contribution >= 4 is 34.5 Å². The lowest BCUT2D eigenvalue weighted by Gasteiger charge is -2.26. The van der Waals surface area contributed by atoms with Crippen molar-refractivity contribution in [2.24, 2.45) is 0 Å². The zero-order valence-corrected chi connectivity index (χ0v) is 34.8. The van der Waals surface area contributed by atoms with Crippen LogP contribution in [0.1, 0.15) is 5.56 Å². The summed E-state index contributed by atoms with van der Waals surface area (Å²) in [5.41, 5.74) is 16.7. The minimum Gasteiger partial charge on any atom is -0.311 e. The van der Waals surface area contributed by atoms with Gasteiger partial charge in [0.1, 0.15) is 0 Å². The van der Waals surface area contributed by atoms with Gasteiger partial charge in [-0.25, -0.2) is 0 Å². The van der Waals surface area contributed by atoms with E-state index in [-0.39, 0.29) is 0 Å². The predicted octanol–water partition coefficient (Wildman–Crippen LogP) is 17.0. The molecular weight excluding hydrogens is 749 g/mol. The molecule has 0 aromatic heterocycles. The third-order valence-electron chi connectivity index (χ3n) is 10.8. The molecule has 0 aliphatic rings. The molecule has 8 aromatic rings. The van der Waals surface area contributed by atoms with Crippen molar-refractivity contribution in [3.63, 3.8) is 0 Å². The second-order valence-electron chi connectivity index (χ2n) is 14.8. The fourth-order valence-electron chi connectivity index (χ4n) is 7.58. The summed E-state index contributed by atoms with van der Waals surface area (Å²) in [6.07, 6.45) is 15.4. The summed E-state index contributed by atoms with van der Waals surface area (Å²) >= 11 is 0. The van der Waals surface area contributed by atoms with Crippen molar-refractivity contribution in [3.05, 3.63) is 280 Å². The Morgan fingerprint density at radius 3 is 1.21 bits per heavy atom. The summed E-state index contributed by atoms with van der Waals surface area (Å²) in [4.78, 5) is 4.48. The van der Waals surface area contributed by atoms with Crippen molar-refractivity contribution < 1.29 is 0 Å². The number of hydrogen-bond acceptors (Lipinski definition) is 2. The zero-order valence-electron chi connectivity index (χ0n) is 34.8. The summed E-state index contributed by atoms with van der Waals surface area (Å²) in [5.74, 6) is 0. The van der Waals surface area contributed by atoms with E-state index in [1.54, 1.807) is 12.2 Å². The lowest BCUT2D eigenvalue weighted by Crippen LogP contribution is -2.14. The summed E-state index contributed by atoms with van der Waals surface area (Å²) in [6, 6.07) is 73.4. The lowest BCUT2D eigenvalue weighted by molar-refractivity contribution is 1.22. The van der Waals surface area contributed by atoms with E-state index in [2.05, 4.69) is 242 Å². The van der Waals surface area contributed by atoms with Gasteiger partial charge in [0.2, 0.25) is 0 Å². The first kappa shape index (κ1) is 40.6. The molecular formula is C60H48N2. The maximum absolute atomic E-state index is 4.44. The van der Waals surface area contributed by atoms with Crippen LogP contribution in [0.4, 0.5) is 28.4 Å². The van der Waals surface area contributed by atoms with Gasteiger partial charge in [0.05, 0.1) is 0 Å². The monoisotopic (exact) mass is 796 g/mol. The minimum atomic E-state index is 0.840. The van der Waals surface area contributed by atoms with Gasteiger partial charge in [-0.1, -0.05) is 202 Å². The Bertz CT molecular complexity index is 2830. The van der Waals surface area contributed by atoms with E-state index in [4.69, 9.17) is 0 Å². The fraction of sp³-hybridized carbons (Fsp3) is 0. The Morgan fingerprint density at radius 2 is 0.726 bits per heavy atom. The van der Waals surface area contributed by atoms with E-state index in [9.17, 15) is 0 Å². The van der Waals surface area contributed by atoms with E-state index < -0.39 is 0 Å². The molecule has 8 rings (SSSR count). The molecule has 0 spiro atoms. The van der Waals surface area contributed by atoms with Gasteiger partial charge in [-0.05, 0) is 123 Å². The smallest absolute Gasteiger partial charge is 0.0462 e. The molecule has 0 aliphatic carbocycles. The molecule has 0 saturated carbocycles. The fourth-order valence-corrected chi connectivity index (χ4v) is 7.58. The molecule has 298 valence electrons. The number of benzene rings is 8. The highest BCUT2D eigenvalue weighted by molar-refractivity contribution is 5.82. The SMILES string of the molecule is C=C/C=C\C=C\c1ccc(-c2ccc(N(C(=C)/C=C\C=C)c3ccc(-c4cccc(-c5ccc(N(c6ccccc6)c6ccc(-c7ccccc7)cc6)cc5)c4)cc3)cc2)cc1. The molecule has 2 heteroatoms. The van der Waals surface area contributed by atoms with Crippen molar-refractivity contribution in [3.8, 4) is 44.5 Å². The first-order chi connectivity index (χ1) is 30.6. The molecule has 0 aliphatic heterocycles. The quantitative estimate of drug-likeness (QED) is 0.0954. The van der Waals surface area contributed by atoms with Crippen LogP contribution in [0.25, 0.3) is 50.6 Å². The third kappa shape index (κ3) is 9.63. The van der Waals surface area contributed by atoms with E-state index in [0.717, 1.165) is 73.1 Å². The molecule has 8 aromatic carbocycles. The molecule has 2 nitrogen and oxygen atoms in total. The normalized spacial score (nSPS) is 11.2. The number of rotatable bonds is 15. The highest BCUT2D eigenvalue weighted by atomic mass is 15.1. The van der Waals surface area contributed by atoms with Crippen molar-refractivity contribution in [1.82, 2.24) is 0 Å². The van der Waals surface area contributed by atoms with Crippen LogP contribution in [-0.4, -0.2) is 0 Å². The van der Waals surface area contributed by atoms with Crippen LogP contribution in [0.5, 0.6) is 0 Å². The van der Waals surface area contributed by atoms with Gasteiger partial charge in [-0.15, -0.1) is 0 Å². The number of anilines is 5. The van der Waals surface area contributed by atoms with Gasteiger partial charge >= 0.3 is 0 Å². The largest absolute Gasteiger partial charge is 0.311 e. The zero-order chi connectivity index (χ0) is 42.5. The van der Waals surface area contributed by atoms with Gasteiger partial charge in [-0.2, -0.15) is 0 Å². The molecule has 0 atom stereocenters. The Labute approximate surface area is 367 Å². The second-order valence-corrected chi connectivity index (χ2v) is 14.8. The molecule has 0 unspecified atom stereocenters. The Hall–Kier alpha value is -8.20. The van der Waals surface area contributed by atoms with Crippen LogP contribution < -0.4 is 9.80 Å². The topological polar surface area (TPSA) is 6.48 Å². The van der Waals surface area contributed by atoms with Gasteiger partial charge in [0.25, 0.3) is 0 Å². The number of allylic oxidation sites excluding steroid dienone is 7. The van der Waals surface area contributed by atoms with Crippen LogP contribution in [0.3, 0.4) is 0 Å². The molecule has 0 bridgehead atoms. The molecule has 0 saturated heterocycles. The first-order valence-corrected chi connectivity index (χ1v) is 20.8. The third-order valence-corrected chi connectivity index (χ3v) is 10.8. The van der Waals surface area contributed by atoms with Crippen LogP contribution in [0.15, 0.2) is 274 Å². The standard InChI is InChI=1S/C60H48N2/c1-4-6-8-11-18-47-25-27-49(28-26-47)51-29-37-57(38-30-51)61(46(3)17-7-5-2)58-39-33-52(34-40-58)54-21-16-22-55(45-54)53-35-43-60(44-36-53)62(56-23-14-10-15-24-56)59-41-31-50(32-42-59)48-19-12-9-13-20-48/h4-45H,1-3H2/b8-6-,17-7-,18-11+. The van der Waals surface area contributed by atoms with E-state index in [1.165, 1.54) is 11.1 Å². The maximum atomic E-state index is 4.44. The average molecular weight is 797 g/mol. The highest BCUT2D eigenvalue weighted by Gasteiger charge is 2.15. The van der Waals surface area contributed by atoms with Gasteiger partial charge in [0.15, 0.2) is 0 Å². The molecule has 0 heterocycles. The summed E-state index contributed by atoms with van der Waals surface area (Å²) < 4.78 is 0. The average Bonchev–Trinajstić information content (AvgIpc) is 3.34. The van der Waals surface area contributed by atoms with Crippen molar-refractivity contribution in [1.29, 1.82) is 0 Å². The summed E-state index contributed by atoms with van der Waals surface area (Å²) in [6.45, 7) is 12.0.